The van der Waals surface area contributed by atoms with E-state index in [2.05, 4.69) is 26.3 Å². The molecular formula is C19H17N5O2S2. The number of hydrogen-bond acceptors (Lipinski definition) is 7. The quantitative estimate of drug-likeness (QED) is 0.524. The number of H-pyrrole nitrogens is 1. The molecule has 1 amide bonds. The molecule has 3 aromatic heterocycles. The van der Waals surface area contributed by atoms with E-state index in [1.54, 1.807) is 22.7 Å². The number of thiazole rings is 2. The van der Waals surface area contributed by atoms with E-state index in [9.17, 15) is 4.79 Å². The van der Waals surface area contributed by atoms with Crippen molar-refractivity contribution in [1.29, 1.82) is 0 Å². The fraction of sp³-hybridized carbons (Fsp3) is 0.263. The highest BCUT2D eigenvalue weighted by atomic mass is 32.1. The Kier molecular flexibility index (Phi) is 4.42. The Morgan fingerprint density at radius 3 is 3.00 bits per heavy atom. The number of hydrogen-bond donors (Lipinski definition) is 2. The Morgan fingerprint density at radius 2 is 2.25 bits per heavy atom. The van der Waals surface area contributed by atoms with Crippen LogP contribution in [0.3, 0.4) is 0 Å². The first-order chi connectivity index (χ1) is 13.7. The third-order valence-corrected chi connectivity index (χ3v) is 6.38. The Labute approximate surface area is 168 Å². The van der Waals surface area contributed by atoms with Gasteiger partial charge < -0.3 is 15.0 Å². The molecule has 1 aromatic carbocycles. The van der Waals surface area contributed by atoms with E-state index >= 15 is 0 Å². The molecule has 28 heavy (non-hydrogen) atoms. The zero-order valence-electron chi connectivity index (χ0n) is 15.1. The minimum absolute atomic E-state index is 0.0954. The van der Waals surface area contributed by atoms with Gasteiger partial charge in [0.05, 0.1) is 34.6 Å². The summed E-state index contributed by atoms with van der Waals surface area (Å²) in [7, 11) is 0. The molecule has 0 bridgehead atoms. The summed E-state index contributed by atoms with van der Waals surface area (Å²) in [5.41, 5.74) is 6.48. The van der Waals surface area contributed by atoms with Crippen molar-refractivity contribution in [3.05, 3.63) is 40.6 Å². The zero-order valence-corrected chi connectivity index (χ0v) is 16.7. The van der Waals surface area contributed by atoms with E-state index in [4.69, 9.17) is 9.72 Å². The van der Waals surface area contributed by atoms with Gasteiger partial charge in [0.25, 0.3) is 0 Å². The minimum Gasteiger partial charge on any atom is -0.368 e. The summed E-state index contributed by atoms with van der Waals surface area (Å²) in [6.45, 7) is 2.94. The Balaban J connectivity index is 1.50. The average Bonchev–Trinajstić information content (AvgIpc) is 3.36. The van der Waals surface area contributed by atoms with Crippen molar-refractivity contribution >= 4 is 38.8 Å². The van der Waals surface area contributed by atoms with Gasteiger partial charge in [-0.25, -0.2) is 15.0 Å². The largest absolute Gasteiger partial charge is 0.368 e. The molecular weight excluding hydrogens is 394 g/mol. The first kappa shape index (κ1) is 17.5. The number of fused-ring (bicyclic) bond motifs is 1. The van der Waals surface area contributed by atoms with Crippen LogP contribution in [0.15, 0.2) is 29.1 Å². The molecule has 5 rings (SSSR count). The van der Waals surface area contributed by atoms with Crippen LogP contribution in [0.4, 0.5) is 0 Å². The molecule has 1 fully saturated rings. The van der Waals surface area contributed by atoms with E-state index in [0.29, 0.717) is 19.0 Å². The number of carbonyl (C=O) groups excluding carboxylic acids is 1. The number of benzene rings is 1. The summed E-state index contributed by atoms with van der Waals surface area (Å²) in [6, 6.07) is 6.12. The molecule has 0 spiro atoms. The van der Waals surface area contributed by atoms with Gasteiger partial charge in [-0.3, -0.25) is 4.79 Å². The first-order valence-electron chi connectivity index (χ1n) is 8.92. The van der Waals surface area contributed by atoms with Gasteiger partial charge in [0.15, 0.2) is 0 Å². The van der Waals surface area contributed by atoms with Gasteiger partial charge >= 0.3 is 0 Å². The van der Waals surface area contributed by atoms with Crippen molar-refractivity contribution < 1.29 is 9.53 Å². The summed E-state index contributed by atoms with van der Waals surface area (Å²) >= 11 is 3.17. The van der Waals surface area contributed by atoms with E-state index in [1.165, 1.54) is 0 Å². The van der Waals surface area contributed by atoms with Gasteiger partial charge in [0.2, 0.25) is 5.91 Å². The third kappa shape index (κ3) is 3.21. The lowest BCUT2D eigenvalue weighted by Crippen LogP contribution is -2.42. The monoisotopic (exact) mass is 411 g/mol. The van der Waals surface area contributed by atoms with Gasteiger partial charge in [-0.15, -0.1) is 22.7 Å². The maximum atomic E-state index is 12.1. The highest BCUT2D eigenvalue weighted by molar-refractivity contribution is 7.16. The van der Waals surface area contributed by atoms with Crippen molar-refractivity contribution in [3.8, 4) is 22.0 Å². The number of nitrogens with zero attached hydrogens (tertiary/aromatic N) is 3. The van der Waals surface area contributed by atoms with Gasteiger partial charge in [-0.1, -0.05) is 6.07 Å². The summed E-state index contributed by atoms with van der Waals surface area (Å²) in [5.74, 6) is 0.594. The molecule has 4 aromatic rings. The molecule has 4 heterocycles. The number of rotatable bonds is 5. The minimum atomic E-state index is -0.329. The molecule has 1 aliphatic heterocycles. The maximum Gasteiger partial charge on any atom is 0.249 e. The Hall–Kier alpha value is -2.62. The standard InChI is InChI=1S/C19H17N5O2S2/c1-10-8-27-19(22-10)17-16(11-2-3-12-14(6-11)28-9-21-12)23-15(24-17)7-20-18(25)13-4-5-26-13/h2-3,6,8-9,13H,4-5,7H2,1H3,(H,20,25)(H,23,24). The number of nitrogens with one attached hydrogen (secondary N) is 2. The molecule has 1 atom stereocenters. The van der Waals surface area contributed by atoms with Crippen molar-refractivity contribution in [2.45, 2.75) is 26.0 Å². The predicted octanol–water partition coefficient (Wildman–Crippen LogP) is 3.52. The van der Waals surface area contributed by atoms with Crippen molar-refractivity contribution in [1.82, 2.24) is 25.3 Å². The number of carbonyl (C=O) groups is 1. The number of imidazole rings is 1. The lowest BCUT2D eigenvalue weighted by Gasteiger charge is -2.24. The number of aromatic amines is 1. The van der Waals surface area contributed by atoms with Crippen LogP contribution in [0.2, 0.25) is 0 Å². The second kappa shape index (κ2) is 7.08. The second-order valence-corrected chi connectivity index (χ2v) is 8.35. The molecule has 1 aliphatic rings. The van der Waals surface area contributed by atoms with Crippen LogP contribution in [0, 0.1) is 6.92 Å². The molecule has 9 heteroatoms. The second-order valence-electron chi connectivity index (χ2n) is 6.60. The molecule has 0 saturated carbocycles. The fourth-order valence-corrected chi connectivity index (χ4v) is 4.58. The van der Waals surface area contributed by atoms with Crippen LogP contribution < -0.4 is 5.32 Å². The number of ether oxygens (including phenoxy) is 1. The van der Waals surface area contributed by atoms with Gasteiger partial charge in [-0.05, 0) is 19.1 Å². The summed E-state index contributed by atoms with van der Waals surface area (Å²) in [6.07, 6.45) is 0.442. The van der Waals surface area contributed by atoms with E-state index in [1.807, 2.05) is 29.9 Å². The summed E-state index contributed by atoms with van der Waals surface area (Å²) in [5, 5.41) is 5.79. The van der Waals surface area contributed by atoms with E-state index < -0.39 is 0 Å². The smallest absolute Gasteiger partial charge is 0.249 e. The van der Waals surface area contributed by atoms with Crippen LogP contribution in [0.25, 0.3) is 32.2 Å². The highest BCUT2D eigenvalue weighted by Crippen LogP contribution is 2.34. The fourth-order valence-electron chi connectivity index (χ4n) is 3.07. The lowest BCUT2D eigenvalue weighted by molar-refractivity contribution is -0.145. The van der Waals surface area contributed by atoms with Gasteiger partial charge in [0.1, 0.15) is 22.6 Å². The van der Waals surface area contributed by atoms with Crippen LogP contribution in [-0.4, -0.2) is 38.6 Å². The van der Waals surface area contributed by atoms with Crippen LogP contribution >= 0.6 is 22.7 Å². The molecule has 1 saturated heterocycles. The summed E-state index contributed by atoms with van der Waals surface area (Å²) in [4.78, 5) is 29.1. The highest BCUT2D eigenvalue weighted by Gasteiger charge is 2.26. The van der Waals surface area contributed by atoms with E-state index in [-0.39, 0.29) is 12.0 Å². The predicted molar refractivity (Wildman–Crippen MR) is 109 cm³/mol. The van der Waals surface area contributed by atoms with Gasteiger partial charge in [0, 0.05) is 23.1 Å². The molecule has 7 nitrogen and oxygen atoms in total. The maximum absolute atomic E-state index is 12.1. The topological polar surface area (TPSA) is 92.8 Å². The Morgan fingerprint density at radius 1 is 1.36 bits per heavy atom. The zero-order chi connectivity index (χ0) is 19.1. The molecule has 2 N–H and O–H groups in total. The van der Waals surface area contributed by atoms with Crippen LogP contribution in [0.5, 0.6) is 0 Å². The van der Waals surface area contributed by atoms with E-state index in [0.717, 1.165) is 44.3 Å². The lowest BCUT2D eigenvalue weighted by atomic mass is 10.1. The Bertz CT molecular complexity index is 1160. The molecule has 1 unspecified atom stereocenters. The summed E-state index contributed by atoms with van der Waals surface area (Å²) < 4.78 is 6.34. The molecule has 0 radical (unpaired) electrons. The van der Waals surface area contributed by atoms with Crippen molar-refractivity contribution in [2.24, 2.45) is 0 Å². The number of aromatic nitrogens is 4. The van der Waals surface area contributed by atoms with Crippen LogP contribution in [-0.2, 0) is 16.1 Å². The molecule has 142 valence electrons. The number of aryl methyl sites for hydroxylation is 1. The van der Waals surface area contributed by atoms with Crippen molar-refractivity contribution in [3.63, 3.8) is 0 Å². The SMILES string of the molecule is Cc1csc(-c2[nH]c(CNC(=O)C3CCO3)nc2-c2ccc3ncsc3c2)n1. The average molecular weight is 412 g/mol. The molecule has 0 aliphatic carbocycles. The number of amides is 1. The van der Waals surface area contributed by atoms with Gasteiger partial charge in [-0.2, -0.15) is 0 Å². The van der Waals surface area contributed by atoms with Crippen molar-refractivity contribution in [2.75, 3.05) is 6.61 Å². The normalized spacial score (nSPS) is 16.2. The first-order valence-corrected chi connectivity index (χ1v) is 10.7. The third-order valence-electron chi connectivity index (χ3n) is 4.61. The van der Waals surface area contributed by atoms with Crippen LogP contribution in [0.1, 0.15) is 17.9 Å².